The highest BCUT2D eigenvalue weighted by Gasteiger charge is 2.24. The van der Waals surface area contributed by atoms with Crippen molar-refractivity contribution in [3.05, 3.63) is 52.9 Å². The van der Waals surface area contributed by atoms with Crippen LogP contribution in [0.15, 0.2) is 47.3 Å². The van der Waals surface area contributed by atoms with Crippen LogP contribution in [0.5, 0.6) is 0 Å². The first-order valence-electron chi connectivity index (χ1n) is 8.26. The zero-order valence-electron chi connectivity index (χ0n) is 13.7. The molecule has 3 heterocycles. The van der Waals surface area contributed by atoms with E-state index in [0.717, 1.165) is 40.0 Å². The molecule has 0 radical (unpaired) electrons. The number of piperazine rings is 1. The first-order valence-corrected chi connectivity index (χ1v) is 9.06. The summed E-state index contributed by atoms with van der Waals surface area (Å²) in [6.45, 7) is 2.95. The van der Waals surface area contributed by atoms with Crippen molar-refractivity contribution in [2.24, 2.45) is 0 Å². The molecule has 7 heteroatoms. The normalized spacial score (nSPS) is 14.9. The van der Waals surface area contributed by atoms with Crippen LogP contribution in [0.3, 0.4) is 0 Å². The molecule has 0 spiro atoms. The molecule has 0 saturated carbocycles. The third-order valence-corrected chi connectivity index (χ3v) is 5.16. The molecule has 0 bridgehead atoms. The minimum Gasteiger partial charge on any atom is -0.352 e. The Balaban J connectivity index is 1.44. The molecule has 6 nitrogen and oxygen atoms in total. The van der Waals surface area contributed by atoms with Crippen molar-refractivity contribution in [1.82, 2.24) is 19.9 Å². The van der Waals surface area contributed by atoms with E-state index in [2.05, 4.69) is 35.8 Å². The van der Waals surface area contributed by atoms with Gasteiger partial charge in [-0.2, -0.15) is 0 Å². The number of nitrogens with zero attached hydrogens (tertiary/aromatic N) is 4. The summed E-state index contributed by atoms with van der Waals surface area (Å²) in [6.07, 6.45) is 3.91. The first kappa shape index (κ1) is 16.1. The highest BCUT2D eigenvalue weighted by atomic mass is 79.9. The van der Waals surface area contributed by atoms with E-state index >= 15 is 0 Å². The lowest BCUT2D eigenvalue weighted by Crippen LogP contribution is -2.49. The average molecular weight is 400 g/mol. The van der Waals surface area contributed by atoms with Gasteiger partial charge in [0.1, 0.15) is 17.8 Å². The second-order valence-electron chi connectivity index (χ2n) is 6.09. The summed E-state index contributed by atoms with van der Waals surface area (Å²) >= 11 is 3.55. The van der Waals surface area contributed by atoms with Gasteiger partial charge in [-0.05, 0) is 21.5 Å². The number of carbonyl (C=O) groups excluding carboxylic acids is 1. The number of rotatable bonds is 3. The summed E-state index contributed by atoms with van der Waals surface area (Å²) in [5, 5.41) is 0.992. The van der Waals surface area contributed by atoms with Gasteiger partial charge in [-0.15, -0.1) is 0 Å². The van der Waals surface area contributed by atoms with Gasteiger partial charge in [-0.3, -0.25) is 4.79 Å². The highest BCUT2D eigenvalue weighted by molar-refractivity contribution is 9.10. The molecule has 25 heavy (non-hydrogen) atoms. The Hall–Kier alpha value is -2.41. The number of carbonyl (C=O) groups is 1. The van der Waals surface area contributed by atoms with E-state index in [-0.39, 0.29) is 5.91 Å². The maximum atomic E-state index is 12.5. The number of hydrogen-bond donors (Lipinski definition) is 1. The van der Waals surface area contributed by atoms with Crippen molar-refractivity contribution in [1.29, 1.82) is 0 Å². The largest absolute Gasteiger partial charge is 0.352 e. The summed E-state index contributed by atoms with van der Waals surface area (Å²) in [5.74, 6) is 1.09. The van der Waals surface area contributed by atoms with Crippen molar-refractivity contribution < 1.29 is 4.79 Å². The van der Waals surface area contributed by atoms with Crippen LogP contribution in [-0.2, 0) is 11.2 Å². The summed E-state index contributed by atoms with van der Waals surface area (Å²) in [4.78, 5) is 28.5. The minimum absolute atomic E-state index is 0.182. The Morgan fingerprint density at radius 1 is 1.12 bits per heavy atom. The molecule has 1 saturated heterocycles. The first-order chi connectivity index (χ1) is 12.2. The van der Waals surface area contributed by atoms with Gasteiger partial charge in [-0.25, -0.2) is 9.97 Å². The van der Waals surface area contributed by atoms with Crippen LogP contribution < -0.4 is 4.90 Å². The summed E-state index contributed by atoms with van der Waals surface area (Å²) in [6, 6.07) is 9.89. The molecular weight excluding hydrogens is 382 g/mol. The molecule has 0 aliphatic carbocycles. The van der Waals surface area contributed by atoms with E-state index in [0.29, 0.717) is 19.5 Å². The molecule has 1 aliphatic rings. The van der Waals surface area contributed by atoms with E-state index in [9.17, 15) is 4.79 Å². The fraction of sp³-hybridized carbons (Fsp3) is 0.278. The number of aromatic nitrogens is 3. The van der Waals surface area contributed by atoms with Gasteiger partial charge in [0.25, 0.3) is 0 Å². The quantitative estimate of drug-likeness (QED) is 0.734. The Morgan fingerprint density at radius 3 is 2.64 bits per heavy atom. The van der Waals surface area contributed by atoms with Crippen molar-refractivity contribution >= 4 is 38.7 Å². The number of fused-ring (bicyclic) bond motifs is 1. The van der Waals surface area contributed by atoms with Gasteiger partial charge in [0.2, 0.25) is 5.91 Å². The molecule has 4 rings (SSSR count). The second-order valence-corrected chi connectivity index (χ2v) is 6.94. The van der Waals surface area contributed by atoms with Crippen LogP contribution in [0.1, 0.15) is 5.56 Å². The molecule has 3 aromatic rings. The van der Waals surface area contributed by atoms with Crippen LogP contribution in [0.25, 0.3) is 11.0 Å². The van der Waals surface area contributed by atoms with Gasteiger partial charge in [0.15, 0.2) is 0 Å². The number of hydrogen-bond acceptors (Lipinski definition) is 4. The number of amides is 1. The molecule has 0 atom stereocenters. The third-order valence-electron chi connectivity index (χ3n) is 4.53. The smallest absolute Gasteiger partial charge is 0.227 e. The molecule has 1 fully saturated rings. The fourth-order valence-electron chi connectivity index (χ4n) is 3.20. The molecule has 2 aromatic heterocycles. The topological polar surface area (TPSA) is 65.1 Å². The van der Waals surface area contributed by atoms with Gasteiger partial charge in [0, 0.05) is 36.8 Å². The summed E-state index contributed by atoms with van der Waals surface area (Å²) in [7, 11) is 0. The molecule has 1 aromatic carbocycles. The number of anilines is 1. The molecule has 128 valence electrons. The van der Waals surface area contributed by atoms with E-state index in [4.69, 9.17) is 0 Å². The number of benzene rings is 1. The lowest BCUT2D eigenvalue weighted by Gasteiger charge is -2.35. The van der Waals surface area contributed by atoms with Gasteiger partial charge in [-0.1, -0.05) is 30.3 Å². The van der Waals surface area contributed by atoms with Gasteiger partial charge < -0.3 is 14.8 Å². The number of aromatic amines is 1. The lowest BCUT2D eigenvalue weighted by atomic mass is 10.1. The zero-order chi connectivity index (χ0) is 17.2. The van der Waals surface area contributed by atoms with Crippen LogP contribution >= 0.6 is 15.9 Å². The predicted octanol–water partition coefficient (Wildman–Crippen LogP) is 2.61. The fourth-order valence-corrected chi connectivity index (χ4v) is 3.68. The zero-order valence-corrected chi connectivity index (χ0v) is 15.2. The Kier molecular flexibility index (Phi) is 4.40. The number of H-pyrrole nitrogens is 1. The Bertz CT molecular complexity index is 887. The summed E-state index contributed by atoms with van der Waals surface area (Å²) < 4.78 is 0.959. The van der Waals surface area contributed by atoms with Gasteiger partial charge >= 0.3 is 0 Å². The van der Waals surface area contributed by atoms with Crippen LogP contribution in [-0.4, -0.2) is 51.9 Å². The third kappa shape index (κ3) is 3.24. The summed E-state index contributed by atoms with van der Waals surface area (Å²) in [5.41, 5.74) is 1.88. The van der Waals surface area contributed by atoms with Crippen molar-refractivity contribution in [3.8, 4) is 0 Å². The lowest BCUT2D eigenvalue weighted by molar-refractivity contribution is -0.130. The predicted molar refractivity (Wildman–Crippen MR) is 101 cm³/mol. The van der Waals surface area contributed by atoms with E-state index < -0.39 is 0 Å². The minimum atomic E-state index is 0.182. The second kappa shape index (κ2) is 6.84. The maximum absolute atomic E-state index is 12.5. The molecule has 1 aliphatic heterocycles. The molecule has 0 unspecified atom stereocenters. The number of nitrogens with one attached hydrogen (secondary N) is 1. The Morgan fingerprint density at radius 2 is 1.88 bits per heavy atom. The van der Waals surface area contributed by atoms with Crippen LogP contribution in [0.2, 0.25) is 0 Å². The van der Waals surface area contributed by atoms with E-state index in [1.165, 1.54) is 0 Å². The van der Waals surface area contributed by atoms with Crippen molar-refractivity contribution in [2.75, 3.05) is 31.1 Å². The standard InChI is InChI=1S/C18H18BrN5O/c19-14-11-20-17-16(14)18(22-12-21-17)24-8-6-23(7-9-24)15(25)10-13-4-2-1-3-5-13/h1-5,11-12H,6-10H2,(H,20,21,22). The maximum Gasteiger partial charge on any atom is 0.227 e. The average Bonchev–Trinajstić information content (AvgIpc) is 3.04. The molecular formula is C18H18BrN5O. The Labute approximate surface area is 154 Å². The highest BCUT2D eigenvalue weighted by Crippen LogP contribution is 2.30. The van der Waals surface area contributed by atoms with Crippen LogP contribution in [0, 0.1) is 0 Å². The van der Waals surface area contributed by atoms with Crippen molar-refractivity contribution in [3.63, 3.8) is 0 Å². The number of halogens is 1. The molecule has 1 N–H and O–H groups in total. The van der Waals surface area contributed by atoms with E-state index in [1.807, 2.05) is 41.4 Å². The monoisotopic (exact) mass is 399 g/mol. The van der Waals surface area contributed by atoms with Crippen molar-refractivity contribution in [2.45, 2.75) is 6.42 Å². The van der Waals surface area contributed by atoms with E-state index in [1.54, 1.807) is 6.33 Å². The van der Waals surface area contributed by atoms with Gasteiger partial charge in [0.05, 0.1) is 11.8 Å². The SMILES string of the molecule is O=C(Cc1ccccc1)N1CCN(c2ncnc3[nH]cc(Br)c23)CC1. The molecule has 1 amide bonds. The van der Waals surface area contributed by atoms with Crippen LogP contribution in [0.4, 0.5) is 5.82 Å².